The number of unbranched alkanes of at least 4 members (excludes halogenated alkanes) is 2. The summed E-state index contributed by atoms with van der Waals surface area (Å²) in [4.78, 5) is 17.9. The van der Waals surface area contributed by atoms with Gasteiger partial charge in [0.1, 0.15) is 0 Å². The summed E-state index contributed by atoms with van der Waals surface area (Å²) in [7, 11) is 1.61. The van der Waals surface area contributed by atoms with Gasteiger partial charge in [0.15, 0.2) is 11.5 Å². The number of hydrogen-bond donors (Lipinski definition) is 2. The maximum atomic E-state index is 12.1. The van der Waals surface area contributed by atoms with Gasteiger partial charge in [-0.15, -0.1) is 0 Å². The van der Waals surface area contributed by atoms with Crippen molar-refractivity contribution in [3.05, 3.63) is 65.2 Å². The van der Waals surface area contributed by atoms with Crippen LogP contribution in [0.15, 0.2) is 48.6 Å². The largest absolute Gasteiger partial charge is 0.493 e. The summed E-state index contributed by atoms with van der Waals surface area (Å²) in [6, 6.07) is 11.7. The van der Waals surface area contributed by atoms with Crippen LogP contribution in [0.4, 0.5) is 5.69 Å². The van der Waals surface area contributed by atoms with Crippen LogP contribution in [-0.4, -0.2) is 13.0 Å². The summed E-state index contributed by atoms with van der Waals surface area (Å²) < 4.78 is 5.48. The molecule has 0 aliphatic carbocycles. The predicted octanol–water partition coefficient (Wildman–Crippen LogP) is 6.11. The standard InChI is InChI=1S/C26H36N2O3/c1-19(2)11-8-6-7-9-14-25(29)27-18-22-15-16-23(24(17-22)30-5)31-28-26-20(3)12-10-13-21(26)4/h8,10-13,15-17,19,28H,6-7,9,14,18H2,1-5H3,(H,27,29)/b11-8+. The third kappa shape index (κ3) is 8.36. The summed E-state index contributed by atoms with van der Waals surface area (Å²) >= 11 is 0. The fourth-order valence-electron chi connectivity index (χ4n) is 3.19. The molecule has 31 heavy (non-hydrogen) atoms. The number of methoxy groups -OCH3 is 1. The minimum atomic E-state index is 0.0730. The number of nitrogens with one attached hydrogen (secondary N) is 2. The van der Waals surface area contributed by atoms with E-state index in [0.29, 0.717) is 30.4 Å². The van der Waals surface area contributed by atoms with E-state index in [0.717, 1.165) is 41.6 Å². The number of anilines is 1. The topological polar surface area (TPSA) is 59.6 Å². The Balaban J connectivity index is 1.82. The molecule has 5 heteroatoms. The van der Waals surface area contributed by atoms with Crippen molar-refractivity contribution in [2.45, 2.75) is 59.9 Å². The van der Waals surface area contributed by atoms with E-state index in [1.807, 2.05) is 50.2 Å². The first kappa shape index (κ1) is 24.3. The van der Waals surface area contributed by atoms with Crippen LogP contribution in [0, 0.1) is 19.8 Å². The fraction of sp³-hybridized carbons (Fsp3) is 0.423. The lowest BCUT2D eigenvalue weighted by Gasteiger charge is -2.16. The Labute approximate surface area is 186 Å². The fourth-order valence-corrected chi connectivity index (χ4v) is 3.19. The first-order valence-electron chi connectivity index (χ1n) is 11.0. The highest BCUT2D eigenvalue weighted by molar-refractivity contribution is 5.75. The Kier molecular flexibility index (Phi) is 9.95. The Morgan fingerprint density at radius 1 is 1.06 bits per heavy atom. The average molecular weight is 425 g/mol. The molecule has 0 aliphatic heterocycles. The van der Waals surface area contributed by atoms with Gasteiger partial charge >= 0.3 is 0 Å². The number of ether oxygens (including phenoxy) is 1. The highest BCUT2D eigenvalue weighted by Crippen LogP contribution is 2.29. The molecule has 2 N–H and O–H groups in total. The number of para-hydroxylation sites is 1. The molecule has 168 valence electrons. The van der Waals surface area contributed by atoms with Crippen LogP contribution < -0.4 is 20.4 Å². The quantitative estimate of drug-likeness (QED) is 0.245. The zero-order chi connectivity index (χ0) is 22.6. The smallest absolute Gasteiger partial charge is 0.220 e. The molecule has 2 aromatic carbocycles. The molecule has 0 spiro atoms. The van der Waals surface area contributed by atoms with Gasteiger partial charge in [0.25, 0.3) is 0 Å². The third-order valence-electron chi connectivity index (χ3n) is 5.01. The highest BCUT2D eigenvalue weighted by Gasteiger charge is 2.09. The van der Waals surface area contributed by atoms with Gasteiger partial charge in [0.2, 0.25) is 5.91 Å². The number of carbonyl (C=O) groups excluding carboxylic acids is 1. The van der Waals surface area contributed by atoms with E-state index in [4.69, 9.17) is 9.57 Å². The summed E-state index contributed by atoms with van der Waals surface area (Å²) in [5.74, 6) is 1.86. The van der Waals surface area contributed by atoms with E-state index < -0.39 is 0 Å². The molecule has 0 unspecified atom stereocenters. The highest BCUT2D eigenvalue weighted by atomic mass is 16.7. The van der Waals surface area contributed by atoms with Crippen LogP contribution in [0.1, 0.15) is 56.2 Å². The Bertz CT molecular complexity index is 855. The molecule has 1 amide bonds. The van der Waals surface area contributed by atoms with Gasteiger partial charge in [0, 0.05) is 13.0 Å². The molecule has 0 atom stereocenters. The molecule has 0 saturated carbocycles. The van der Waals surface area contributed by atoms with E-state index in [-0.39, 0.29) is 5.91 Å². The van der Waals surface area contributed by atoms with Crippen molar-refractivity contribution in [2.75, 3.05) is 12.6 Å². The second-order valence-corrected chi connectivity index (χ2v) is 8.15. The Hall–Kier alpha value is -2.95. The lowest BCUT2D eigenvalue weighted by atomic mass is 10.1. The summed E-state index contributed by atoms with van der Waals surface area (Å²) in [5.41, 5.74) is 7.15. The molecule has 0 aliphatic rings. The third-order valence-corrected chi connectivity index (χ3v) is 5.01. The SMILES string of the molecule is COc1cc(CNC(=O)CCCC/C=C/C(C)C)ccc1ONc1c(C)cccc1C. The molecule has 0 heterocycles. The number of benzene rings is 2. The number of aryl methyl sites for hydroxylation is 2. The molecular weight excluding hydrogens is 388 g/mol. The molecule has 0 bridgehead atoms. The van der Waals surface area contributed by atoms with Gasteiger partial charge in [-0.2, -0.15) is 0 Å². The zero-order valence-electron chi connectivity index (χ0n) is 19.5. The lowest BCUT2D eigenvalue weighted by Crippen LogP contribution is -2.22. The maximum absolute atomic E-state index is 12.1. The van der Waals surface area contributed by atoms with Crippen LogP contribution in [-0.2, 0) is 11.3 Å². The molecule has 2 rings (SSSR count). The second-order valence-electron chi connectivity index (χ2n) is 8.15. The minimum absolute atomic E-state index is 0.0730. The zero-order valence-corrected chi connectivity index (χ0v) is 19.5. The first-order valence-corrected chi connectivity index (χ1v) is 11.0. The first-order chi connectivity index (χ1) is 14.9. The van der Waals surface area contributed by atoms with Crippen LogP contribution in [0.5, 0.6) is 11.5 Å². The van der Waals surface area contributed by atoms with Crippen molar-refractivity contribution in [1.82, 2.24) is 5.32 Å². The molecule has 0 saturated heterocycles. The van der Waals surface area contributed by atoms with Gasteiger partial charge in [-0.05, 0) is 67.9 Å². The van der Waals surface area contributed by atoms with Crippen LogP contribution in [0.25, 0.3) is 0 Å². The normalized spacial score (nSPS) is 11.0. The predicted molar refractivity (Wildman–Crippen MR) is 127 cm³/mol. The number of hydrogen-bond acceptors (Lipinski definition) is 4. The minimum Gasteiger partial charge on any atom is -0.493 e. The van der Waals surface area contributed by atoms with Gasteiger partial charge in [0.05, 0.1) is 12.8 Å². The van der Waals surface area contributed by atoms with Crippen molar-refractivity contribution in [2.24, 2.45) is 5.92 Å². The lowest BCUT2D eigenvalue weighted by molar-refractivity contribution is -0.121. The van der Waals surface area contributed by atoms with E-state index in [2.05, 4.69) is 36.8 Å². The van der Waals surface area contributed by atoms with Gasteiger partial charge < -0.3 is 14.9 Å². The average Bonchev–Trinajstić information content (AvgIpc) is 2.74. The number of allylic oxidation sites excluding steroid dienone is 2. The Morgan fingerprint density at radius 2 is 1.81 bits per heavy atom. The van der Waals surface area contributed by atoms with E-state index in [1.54, 1.807) is 7.11 Å². The Morgan fingerprint density at radius 3 is 2.48 bits per heavy atom. The number of rotatable bonds is 12. The molecule has 0 radical (unpaired) electrons. The number of carbonyl (C=O) groups is 1. The van der Waals surface area contributed by atoms with Crippen LogP contribution >= 0.6 is 0 Å². The van der Waals surface area contributed by atoms with Gasteiger partial charge in [-0.25, -0.2) is 5.48 Å². The molecular formula is C26H36N2O3. The molecule has 2 aromatic rings. The second kappa shape index (κ2) is 12.7. The maximum Gasteiger partial charge on any atom is 0.220 e. The summed E-state index contributed by atoms with van der Waals surface area (Å²) in [6.07, 6.45) is 7.91. The van der Waals surface area contributed by atoms with Gasteiger partial charge in [-0.1, -0.05) is 50.3 Å². The van der Waals surface area contributed by atoms with E-state index >= 15 is 0 Å². The summed E-state index contributed by atoms with van der Waals surface area (Å²) in [5, 5.41) is 2.98. The van der Waals surface area contributed by atoms with Crippen LogP contribution in [0.3, 0.4) is 0 Å². The van der Waals surface area contributed by atoms with Crippen LogP contribution in [0.2, 0.25) is 0 Å². The van der Waals surface area contributed by atoms with E-state index in [1.165, 1.54) is 0 Å². The van der Waals surface area contributed by atoms with Gasteiger partial charge in [-0.3, -0.25) is 4.79 Å². The monoisotopic (exact) mass is 424 g/mol. The summed E-state index contributed by atoms with van der Waals surface area (Å²) in [6.45, 7) is 8.86. The van der Waals surface area contributed by atoms with Crippen molar-refractivity contribution in [3.8, 4) is 11.5 Å². The van der Waals surface area contributed by atoms with Crippen molar-refractivity contribution in [3.63, 3.8) is 0 Å². The van der Waals surface area contributed by atoms with Crippen molar-refractivity contribution >= 4 is 11.6 Å². The molecule has 0 fully saturated rings. The van der Waals surface area contributed by atoms with E-state index in [9.17, 15) is 4.79 Å². The van der Waals surface area contributed by atoms with Crippen molar-refractivity contribution in [1.29, 1.82) is 0 Å². The molecule has 0 aromatic heterocycles. The number of amides is 1. The molecule has 5 nitrogen and oxygen atoms in total. The van der Waals surface area contributed by atoms with Crippen molar-refractivity contribution < 1.29 is 14.4 Å².